The molecule has 0 aliphatic carbocycles. The van der Waals surface area contributed by atoms with Crippen molar-refractivity contribution in [2.45, 2.75) is 18.8 Å². The van der Waals surface area contributed by atoms with Gasteiger partial charge in [0.05, 0.1) is 12.0 Å². The zero-order valence-corrected chi connectivity index (χ0v) is 7.31. The Kier molecular flexibility index (Phi) is 3.72. The Bertz CT molecular complexity index is 300. The van der Waals surface area contributed by atoms with Crippen molar-refractivity contribution in [2.75, 3.05) is 0 Å². The molecule has 1 atom stereocenters. The lowest BCUT2D eigenvalue weighted by Crippen LogP contribution is -1.95. The molecule has 0 spiro atoms. The summed E-state index contributed by atoms with van der Waals surface area (Å²) in [5.74, 6) is -0.147. The second-order valence-corrected chi connectivity index (χ2v) is 2.84. The van der Waals surface area contributed by atoms with Crippen LogP contribution in [0.1, 0.15) is 24.3 Å². The molecule has 0 saturated carbocycles. The normalized spacial score (nSPS) is 11.6. The van der Waals surface area contributed by atoms with Crippen molar-refractivity contribution >= 4 is 6.29 Å². The van der Waals surface area contributed by atoms with Gasteiger partial charge in [0.15, 0.2) is 0 Å². The molecule has 0 aromatic heterocycles. The summed E-state index contributed by atoms with van der Waals surface area (Å²) in [4.78, 5) is 10.1. The number of rotatable bonds is 4. The summed E-state index contributed by atoms with van der Waals surface area (Å²) in [5, 5.41) is 8.84. The summed E-state index contributed by atoms with van der Waals surface area (Å²) >= 11 is 0. The molecule has 0 saturated heterocycles. The lowest BCUT2D eigenvalue weighted by atomic mass is 9.96. The number of hydrogen-bond acceptors (Lipinski definition) is 2. The van der Waals surface area contributed by atoms with Crippen LogP contribution in [0.5, 0.6) is 0 Å². The third-order valence-electron chi connectivity index (χ3n) is 1.93. The Balaban J connectivity index is 2.68. The van der Waals surface area contributed by atoms with E-state index in [0.717, 1.165) is 11.8 Å². The quantitative estimate of drug-likeness (QED) is 0.655. The SMILES string of the molecule is N#CC(CCC=O)c1ccccc1. The minimum absolute atomic E-state index is 0.147. The number of carbonyl (C=O) groups excluding carboxylic acids is 1. The first kappa shape index (κ1) is 9.47. The van der Waals surface area contributed by atoms with Crippen LogP contribution in [-0.4, -0.2) is 6.29 Å². The molecule has 0 amide bonds. The molecule has 0 aliphatic heterocycles. The molecule has 0 bridgehead atoms. The fraction of sp³-hybridized carbons (Fsp3) is 0.273. The van der Waals surface area contributed by atoms with Crippen LogP contribution >= 0.6 is 0 Å². The summed E-state index contributed by atoms with van der Waals surface area (Å²) in [7, 11) is 0. The fourth-order valence-electron chi connectivity index (χ4n) is 1.23. The van der Waals surface area contributed by atoms with Crippen LogP contribution in [-0.2, 0) is 4.79 Å². The monoisotopic (exact) mass is 173 g/mol. The molecule has 0 fully saturated rings. The van der Waals surface area contributed by atoms with Gasteiger partial charge in [-0.25, -0.2) is 0 Å². The van der Waals surface area contributed by atoms with E-state index < -0.39 is 0 Å². The maximum absolute atomic E-state index is 10.1. The smallest absolute Gasteiger partial charge is 0.120 e. The van der Waals surface area contributed by atoms with Gasteiger partial charge in [-0.05, 0) is 12.0 Å². The molecule has 0 heterocycles. The van der Waals surface area contributed by atoms with E-state index in [9.17, 15) is 4.79 Å². The Morgan fingerprint density at radius 1 is 1.38 bits per heavy atom. The van der Waals surface area contributed by atoms with Crippen LogP contribution in [0.2, 0.25) is 0 Å². The Hall–Kier alpha value is -1.62. The second kappa shape index (κ2) is 5.10. The fourth-order valence-corrected chi connectivity index (χ4v) is 1.23. The van der Waals surface area contributed by atoms with Crippen LogP contribution in [0.15, 0.2) is 30.3 Å². The number of nitriles is 1. The van der Waals surface area contributed by atoms with Crippen molar-refractivity contribution < 1.29 is 4.79 Å². The Morgan fingerprint density at radius 3 is 2.62 bits per heavy atom. The molecule has 66 valence electrons. The van der Waals surface area contributed by atoms with Gasteiger partial charge in [-0.2, -0.15) is 5.26 Å². The number of aldehydes is 1. The Morgan fingerprint density at radius 2 is 2.08 bits per heavy atom. The highest BCUT2D eigenvalue weighted by Gasteiger charge is 2.08. The largest absolute Gasteiger partial charge is 0.303 e. The molecule has 1 aromatic carbocycles. The van der Waals surface area contributed by atoms with E-state index in [0.29, 0.717) is 12.8 Å². The van der Waals surface area contributed by atoms with Crippen LogP contribution in [0, 0.1) is 11.3 Å². The molecular weight excluding hydrogens is 162 g/mol. The van der Waals surface area contributed by atoms with Crippen LogP contribution in [0.3, 0.4) is 0 Å². The van der Waals surface area contributed by atoms with E-state index in [1.165, 1.54) is 0 Å². The maximum Gasteiger partial charge on any atom is 0.120 e. The van der Waals surface area contributed by atoms with E-state index in [1.807, 2.05) is 30.3 Å². The highest BCUT2D eigenvalue weighted by atomic mass is 16.1. The molecular formula is C11H11NO. The van der Waals surface area contributed by atoms with Crippen molar-refractivity contribution in [3.63, 3.8) is 0 Å². The first-order chi connectivity index (χ1) is 6.38. The van der Waals surface area contributed by atoms with E-state index >= 15 is 0 Å². The van der Waals surface area contributed by atoms with Gasteiger partial charge in [0.1, 0.15) is 6.29 Å². The predicted molar refractivity (Wildman–Crippen MR) is 50.1 cm³/mol. The molecule has 1 unspecified atom stereocenters. The summed E-state index contributed by atoms with van der Waals surface area (Å²) < 4.78 is 0. The lowest BCUT2D eigenvalue weighted by Gasteiger charge is -2.05. The molecule has 1 rings (SSSR count). The number of nitrogens with zero attached hydrogens (tertiary/aromatic N) is 1. The first-order valence-corrected chi connectivity index (χ1v) is 4.26. The van der Waals surface area contributed by atoms with Crippen molar-refractivity contribution in [2.24, 2.45) is 0 Å². The maximum atomic E-state index is 10.1. The summed E-state index contributed by atoms with van der Waals surface area (Å²) in [6, 6.07) is 11.7. The lowest BCUT2D eigenvalue weighted by molar-refractivity contribution is -0.107. The zero-order valence-electron chi connectivity index (χ0n) is 7.31. The van der Waals surface area contributed by atoms with Gasteiger partial charge in [-0.3, -0.25) is 0 Å². The summed E-state index contributed by atoms with van der Waals surface area (Å²) in [5.41, 5.74) is 0.992. The van der Waals surface area contributed by atoms with E-state index in [1.54, 1.807) is 0 Å². The van der Waals surface area contributed by atoms with Crippen molar-refractivity contribution in [1.29, 1.82) is 5.26 Å². The van der Waals surface area contributed by atoms with Crippen molar-refractivity contribution in [1.82, 2.24) is 0 Å². The van der Waals surface area contributed by atoms with Crippen LogP contribution in [0.25, 0.3) is 0 Å². The third kappa shape index (κ3) is 2.72. The van der Waals surface area contributed by atoms with Gasteiger partial charge in [-0.15, -0.1) is 0 Å². The third-order valence-corrected chi connectivity index (χ3v) is 1.93. The van der Waals surface area contributed by atoms with Crippen molar-refractivity contribution in [3.05, 3.63) is 35.9 Å². The summed E-state index contributed by atoms with van der Waals surface area (Å²) in [6.45, 7) is 0. The highest BCUT2D eigenvalue weighted by molar-refractivity contribution is 5.49. The number of carbonyl (C=O) groups is 1. The standard InChI is InChI=1S/C11H11NO/c12-9-11(7-4-8-13)10-5-2-1-3-6-10/h1-3,5-6,8,11H,4,7H2. The predicted octanol–water partition coefficient (Wildman–Crippen LogP) is 2.27. The Labute approximate surface area is 77.8 Å². The van der Waals surface area contributed by atoms with Gasteiger partial charge >= 0.3 is 0 Å². The van der Waals surface area contributed by atoms with Crippen LogP contribution < -0.4 is 0 Å². The van der Waals surface area contributed by atoms with E-state index in [2.05, 4.69) is 6.07 Å². The number of hydrogen-bond donors (Lipinski definition) is 0. The molecule has 13 heavy (non-hydrogen) atoms. The summed E-state index contributed by atoms with van der Waals surface area (Å²) in [6.07, 6.45) is 1.92. The molecule has 2 heteroatoms. The average molecular weight is 173 g/mol. The van der Waals surface area contributed by atoms with E-state index in [4.69, 9.17) is 5.26 Å². The molecule has 0 radical (unpaired) electrons. The first-order valence-electron chi connectivity index (χ1n) is 4.26. The molecule has 2 nitrogen and oxygen atoms in total. The minimum Gasteiger partial charge on any atom is -0.303 e. The average Bonchev–Trinajstić information content (AvgIpc) is 2.21. The minimum atomic E-state index is -0.147. The van der Waals surface area contributed by atoms with E-state index in [-0.39, 0.29) is 5.92 Å². The van der Waals surface area contributed by atoms with Gasteiger partial charge in [0, 0.05) is 6.42 Å². The molecule has 0 N–H and O–H groups in total. The molecule has 1 aromatic rings. The zero-order chi connectivity index (χ0) is 9.52. The van der Waals surface area contributed by atoms with Crippen molar-refractivity contribution in [3.8, 4) is 6.07 Å². The van der Waals surface area contributed by atoms with Crippen LogP contribution in [0.4, 0.5) is 0 Å². The second-order valence-electron chi connectivity index (χ2n) is 2.84. The van der Waals surface area contributed by atoms with Gasteiger partial charge in [0.2, 0.25) is 0 Å². The van der Waals surface area contributed by atoms with Gasteiger partial charge in [0.25, 0.3) is 0 Å². The van der Waals surface area contributed by atoms with Gasteiger partial charge in [-0.1, -0.05) is 30.3 Å². The highest BCUT2D eigenvalue weighted by Crippen LogP contribution is 2.18. The van der Waals surface area contributed by atoms with Gasteiger partial charge < -0.3 is 4.79 Å². The molecule has 0 aliphatic rings. The topological polar surface area (TPSA) is 40.9 Å². The number of benzene rings is 1.